The highest BCUT2D eigenvalue weighted by molar-refractivity contribution is 7.80. The van der Waals surface area contributed by atoms with Crippen LogP contribution in [0.25, 0.3) is 0 Å². The van der Waals surface area contributed by atoms with Gasteiger partial charge in [0.25, 0.3) is 0 Å². The van der Waals surface area contributed by atoms with Crippen molar-refractivity contribution in [1.82, 2.24) is 5.32 Å². The number of hydrogen-bond donors (Lipinski definition) is 3. The van der Waals surface area contributed by atoms with Crippen LogP contribution in [0, 0.1) is 5.82 Å². The molecule has 0 aliphatic carbocycles. The summed E-state index contributed by atoms with van der Waals surface area (Å²) in [5, 5.41) is 6.93. The lowest BCUT2D eigenvalue weighted by Crippen LogP contribution is -3.11. The standard InChI is InChI=1S/C20H23ClFN3OS/c1-26-16-7-4-14(5-8-16)19(25-10-2-3-11-25)13-23-20(27)24-15-6-9-18(22)17(21)12-15/h4-9,12,19H,2-3,10-11,13H2,1H3,(H2,23,24,27)/p+1/t19-/m0/s1. The Labute approximate surface area is 169 Å². The zero-order valence-corrected chi connectivity index (χ0v) is 16.8. The fourth-order valence-corrected chi connectivity index (χ4v) is 3.84. The second-order valence-electron chi connectivity index (χ2n) is 6.66. The zero-order chi connectivity index (χ0) is 19.2. The number of methoxy groups -OCH3 is 1. The Morgan fingerprint density at radius 1 is 1.22 bits per heavy atom. The van der Waals surface area contributed by atoms with Gasteiger partial charge in [-0.15, -0.1) is 0 Å². The first-order valence-electron chi connectivity index (χ1n) is 9.05. The average Bonchev–Trinajstić information content (AvgIpc) is 3.20. The van der Waals surface area contributed by atoms with Crippen LogP contribution in [0.4, 0.5) is 10.1 Å². The number of ether oxygens (including phenoxy) is 1. The van der Waals surface area contributed by atoms with E-state index in [1.54, 1.807) is 18.1 Å². The minimum atomic E-state index is -0.446. The second-order valence-corrected chi connectivity index (χ2v) is 7.47. The number of rotatable bonds is 6. The van der Waals surface area contributed by atoms with Gasteiger partial charge in [0.15, 0.2) is 5.11 Å². The Balaban J connectivity index is 1.64. The van der Waals surface area contributed by atoms with Crippen LogP contribution in [0.3, 0.4) is 0 Å². The Hall–Kier alpha value is -1.89. The van der Waals surface area contributed by atoms with Crippen LogP contribution in [0.2, 0.25) is 5.02 Å². The molecule has 0 aromatic heterocycles. The summed E-state index contributed by atoms with van der Waals surface area (Å²) in [6.07, 6.45) is 2.50. The predicted octanol–water partition coefficient (Wildman–Crippen LogP) is 3.19. The maximum absolute atomic E-state index is 13.3. The molecule has 27 heavy (non-hydrogen) atoms. The van der Waals surface area contributed by atoms with Crippen molar-refractivity contribution in [1.29, 1.82) is 0 Å². The molecule has 1 aliphatic rings. The van der Waals surface area contributed by atoms with E-state index >= 15 is 0 Å². The molecule has 7 heteroatoms. The first-order valence-corrected chi connectivity index (χ1v) is 9.84. The van der Waals surface area contributed by atoms with Gasteiger partial charge in [0.05, 0.1) is 31.8 Å². The fraction of sp³-hybridized carbons (Fsp3) is 0.350. The Morgan fingerprint density at radius 2 is 1.93 bits per heavy atom. The predicted molar refractivity (Wildman–Crippen MR) is 111 cm³/mol. The van der Waals surface area contributed by atoms with E-state index < -0.39 is 5.82 Å². The lowest BCUT2D eigenvalue weighted by atomic mass is 10.1. The van der Waals surface area contributed by atoms with Crippen LogP contribution in [0.1, 0.15) is 24.4 Å². The number of thiocarbonyl (C=S) groups is 1. The van der Waals surface area contributed by atoms with E-state index in [4.69, 9.17) is 28.6 Å². The molecule has 2 aromatic rings. The number of nitrogens with one attached hydrogen (secondary N) is 3. The van der Waals surface area contributed by atoms with Crippen LogP contribution in [-0.2, 0) is 0 Å². The highest BCUT2D eigenvalue weighted by atomic mass is 35.5. The lowest BCUT2D eigenvalue weighted by molar-refractivity contribution is -0.918. The molecule has 1 atom stereocenters. The van der Waals surface area contributed by atoms with Gasteiger partial charge in [-0.2, -0.15) is 0 Å². The summed E-state index contributed by atoms with van der Waals surface area (Å²) in [5.74, 6) is 0.408. The van der Waals surface area contributed by atoms with Crippen molar-refractivity contribution in [3.63, 3.8) is 0 Å². The first-order chi connectivity index (χ1) is 13.1. The molecule has 3 N–H and O–H groups in total. The van der Waals surface area contributed by atoms with Crippen molar-refractivity contribution in [3.8, 4) is 5.75 Å². The van der Waals surface area contributed by atoms with Crippen LogP contribution >= 0.6 is 23.8 Å². The molecule has 0 bridgehead atoms. The normalized spacial score (nSPS) is 15.4. The topological polar surface area (TPSA) is 37.7 Å². The van der Waals surface area contributed by atoms with Gasteiger partial charge < -0.3 is 20.3 Å². The fourth-order valence-electron chi connectivity index (χ4n) is 3.46. The molecule has 0 unspecified atom stereocenters. The molecule has 1 heterocycles. The van der Waals surface area contributed by atoms with Crippen molar-refractivity contribution in [2.45, 2.75) is 18.9 Å². The molecule has 0 spiro atoms. The van der Waals surface area contributed by atoms with Gasteiger partial charge in [0.1, 0.15) is 17.6 Å². The Kier molecular flexibility index (Phi) is 6.88. The van der Waals surface area contributed by atoms with Gasteiger partial charge >= 0.3 is 0 Å². The van der Waals surface area contributed by atoms with Crippen LogP contribution in [-0.4, -0.2) is 31.9 Å². The molecule has 0 saturated carbocycles. The average molecular weight is 409 g/mol. The summed E-state index contributed by atoms with van der Waals surface area (Å²) < 4.78 is 18.6. The van der Waals surface area contributed by atoms with Crippen molar-refractivity contribution >= 4 is 34.6 Å². The summed E-state index contributed by atoms with van der Waals surface area (Å²) in [4.78, 5) is 1.56. The van der Waals surface area contributed by atoms with Crippen molar-refractivity contribution in [3.05, 3.63) is 58.9 Å². The van der Waals surface area contributed by atoms with Gasteiger partial charge in [-0.05, 0) is 54.7 Å². The monoisotopic (exact) mass is 408 g/mol. The van der Waals surface area contributed by atoms with Crippen LogP contribution < -0.4 is 20.3 Å². The molecule has 144 valence electrons. The summed E-state index contributed by atoms with van der Waals surface area (Å²) in [6.45, 7) is 3.03. The van der Waals surface area contributed by atoms with Crippen LogP contribution in [0.15, 0.2) is 42.5 Å². The number of halogens is 2. The molecule has 0 radical (unpaired) electrons. The maximum atomic E-state index is 13.3. The van der Waals surface area contributed by atoms with Crippen molar-refractivity contribution in [2.24, 2.45) is 0 Å². The van der Waals surface area contributed by atoms with Gasteiger partial charge in [0.2, 0.25) is 0 Å². The summed E-state index contributed by atoms with van der Waals surface area (Å²) in [6, 6.07) is 13.0. The number of quaternary nitrogens is 1. The third-order valence-corrected chi connectivity index (χ3v) is 5.44. The molecule has 2 aromatic carbocycles. The largest absolute Gasteiger partial charge is 0.497 e. The van der Waals surface area contributed by atoms with E-state index in [0.717, 1.165) is 18.8 Å². The van der Waals surface area contributed by atoms with E-state index in [9.17, 15) is 4.39 Å². The smallest absolute Gasteiger partial charge is 0.171 e. The van der Waals surface area contributed by atoms with Crippen molar-refractivity contribution in [2.75, 3.05) is 32.1 Å². The van der Waals surface area contributed by atoms with E-state index in [2.05, 4.69) is 22.8 Å². The number of benzene rings is 2. The molecule has 1 saturated heterocycles. The summed E-state index contributed by atoms with van der Waals surface area (Å²) >= 11 is 11.2. The number of hydrogen-bond acceptors (Lipinski definition) is 2. The summed E-state index contributed by atoms with van der Waals surface area (Å²) in [7, 11) is 1.67. The van der Waals surface area contributed by atoms with Gasteiger partial charge in [-0.1, -0.05) is 11.6 Å². The Bertz CT molecular complexity index is 781. The first kappa shape index (κ1) is 19.9. The lowest BCUT2D eigenvalue weighted by Gasteiger charge is -2.26. The van der Waals surface area contributed by atoms with E-state index in [-0.39, 0.29) is 5.02 Å². The van der Waals surface area contributed by atoms with E-state index in [1.807, 2.05) is 12.1 Å². The SMILES string of the molecule is COc1ccc([C@H](CNC(=S)Nc2ccc(F)c(Cl)c2)[NH+]2CCCC2)cc1. The van der Waals surface area contributed by atoms with Gasteiger partial charge in [-0.25, -0.2) is 4.39 Å². The molecule has 3 rings (SSSR count). The zero-order valence-electron chi connectivity index (χ0n) is 15.2. The third-order valence-electron chi connectivity index (χ3n) is 4.90. The quantitative estimate of drug-likeness (QED) is 0.642. The minimum Gasteiger partial charge on any atom is -0.497 e. The molecule has 1 fully saturated rings. The second kappa shape index (κ2) is 9.35. The number of likely N-dealkylation sites (tertiary alicyclic amines) is 1. The molecule has 1 aliphatic heterocycles. The van der Waals surface area contributed by atoms with Gasteiger partial charge in [0, 0.05) is 24.1 Å². The number of anilines is 1. The van der Waals surface area contributed by atoms with E-state index in [1.165, 1.54) is 30.5 Å². The molecular weight excluding hydrogens is 385 g/mol. The Morgan fingerprint density at radius 3 is 2.56 bits per heavy atom. The van der Waals surface area contributed by atoms with Crippen molar-refractivity contribution < 1.29 is 14.0 Å². The maximum Gasteiger partial charge on any atom is 0.171 e. The third kappa shape index (κ3) is 5.31. The minimum absolute atomic E-state index is 0.0698. The highest BCUT2D eigenvalue weighted by Crippen LogP contribution is 2.19. The molecular formula is C20H24ClFN3OS+. The highest BCUT2D eigenvalue weighted by Gasteiger charge is 2.27. The summed E-state index contributed by atoms with van der Waals surface area (Å²) in [5.41, 5.74) is 1.92. The van der Waals surface area contributed by atoms with E-state index in [0.29, 0.717) is 23.4 Å². The van der Waals surface area contributed by atoms with Crippen LogP contribution in [0.5, 0.6) is 5.75 Å². The molecule has 0 amide bonds. The molecule has 4 nitrogen and oxygen atoms in total. The van der Waals surface area contributed by atoms with Gasteiger partial charge in [-0.3, -0.25) is 0 Å².